The van der Waals surface area contributed by atoms with Crippen LogP contribution in [0.15, 0.2) is 6.07 Å². The third-order valence-electron chi connectivity index (χ3n) is 7.15. The molecule has 0 aromatic heterocycles. The van der Waals surface area contributed by atoms with Crippen LogP contribution in [0, 0.1) is 0 Å². The minimum Gasteiger partial charge on any atom is -0.307 e. The fourth-order valence-corrected chi connectivity index (χ4v) is 7.40. The van der Waals surface area contributed by atoms with Crippen LogP contribution in [-0.2, 0) is 35.9 Å². The van der Waals surface area contributed by atoms with Gasteiger partial charge in [-0.05, 0) is 80.2 Å². The fourth-order valence-electron chi connectivity index (χ4n) is 5.88. The molecule has 7 nitrogen and oxygen atoms in total. The molecule has 8 heteroatoms. The lowest BCUT2D eigenvalue weighted by Gasteiger charge is -2.39. The van der Waals surface area contributed by atoms with Crippen molar-refractivity contribution in [3.05, 3.63) is 28.3 Å². The van der Waals surface area contributed by atoms with Gasteiger partial charge in [-0.15, -0.1) is 0 Å². The Balaban J connectivity index is 1.35. The number of carbonyl (C=O) groups excluding carboxylic acids is 1. The number of likely N-dealkylation sites (tertiary alicyclic amines) is 1. The van der Waals surface area contributed by atoms with E-state index in [4.69, 9.17) is 0 Å². The number of benzene rings is 1. The first-order valence-electron chi connectivity index (χ1n) is 11.0. The van der Waals surface area contributed by atoms with Crippen molar-refractivity contribution in [2.45, 2.75) is 70.4 Å². The van der Waals surface area contributed by atoms with Gasteiger partial charge in [0.25, 0.3) is 0 Å². The average molecular weight is 419 g/mol. The van der Waals surface area contributed by atoms with E-state index in [0.717, 1.165) is 76.7 Å². The maximum atomic E-state index is 13.0. The zero-order valence-electron chi connectivity index (χ0n) is 17.0. The first-order valence-corrected chi connectivity index (χ1v) is 12.4. The Labute approximate surface area is 173 Å². The van der Waals surface area contributed by atoms with E-state index in [1.165, 1.54) is 22.3 Å². The van der Waals surface area contributed by atoms with Crippen LogP contribution < -0.4 is 10.0 Å². The Kier molecular flexibility index (Phi) is 4.83. The number of rotatable bonds is 4. The number of piperazine rings is 1. The summed E-state index contributed by atoms with van der Waals surface area (Å²) < 4.78 is 30.0. The van der Waals surface area contributed by atoms with Gasteiger partial charge in [-0.3, -0.25) is 0 Å². The molecule has 5 rings (SSSR count). The van der Waals surface area contributed by atoms with Crippen LogP contribution in [0.25, 0.3) is 0 Å². The van der Waals surface area contributed by atoms with Gasteiger partial charge >= 0.3 is 16.2 Å². The summed E-state index contributed by atoms with van der Waals surface area (Å²) in [5, 5.41) is 2.94. The molecule has 2 aliphatic heterocycles. The first kappa shape index (κ1) is 19.3. The molecular weight excluding hydrogens is 388 g/mol. The quantitative estimate of drug-likeness (QED) is 0.785. The first-order chi connectivity index (χ1) is 14.0. The molecule has 1 aromatic rings. The van der Waals surface area contributed by atoms with Crippen molar-refractivity contribution in [2.24, 2.45) is 0 Å². The van der Waals surface area contributed by atoms with Crippen LogP contribution in [0.1, 0.15) is 54.9 Å². The Bertz CT molecular complexity index is 899. The summed E-state index contributed by atoms with van der Waals surface area (Å²) in [5.41, 5.74) is 5.92. The third-order valence-corrected chi connectivity index (χ3v) is 8.74. The molecule has 1 aromatic carbocycles. The van der Waals surface area contributed by atoms with Gasteiger partial charge in [0.15, 0.2) is 0 Å². The summed E-state index contributed by atoms with van der Waals surface area (Å²) in [6.07, 6.45) is 7.91. The van der Waals surface area contributed by atoms with Gasteiger partial charge < -0.3 is 10.2 Å². The SMILES string of the molecule is CCN1CC2CCC(C1)N2S(=O)(=O)NC(=O)Nc1c2c(cc3c1CCC3)CCC2. The number of hydrogen-bond acceptors (Lipinski definition) is 4. The van der Waals surface area contributed by atoms with Crippen LogP contribution in [-0.4, -0.2) is 55.4 Å². The number of nitrogens with one attached hydrogen (secondary N) is 2. The Morgan fingerprint density at radius 3 is 2.17 bits per heavy atom. The molecule has 2 aliphatic carbocycles. The van der Waals surface area contributed by atoms with Crippen LogP contribution in [0.4, 0.5) is 10.5 Å². The molecule has 0 saturated carbocycles. The van der Waals surface area contributed by atoms with Crippen molar-refractivity contribution in [3.8, 4) is 0 Å². The molecule has 2 amide bonds. The predicted molar refractivity (Wildman–Crippen MR) is 112 cm³/mol. The van der Waals surface area contributed by atoms with Gasteiger partial charge in [-0.2, -0.15) is 12.7 Å². The lowest BCUT2D eigenvalue weighted by Crippen LogP contribution is -2.59. The number of urea groups is 1. The molecule has 158 valence electrons. The molecule has 0 radical (unpaired) electrons. The summed E-state index contributed by atoms with van der Waals surface area (Å²) in [7, 11) is -3.85. The molecule has 29 heavy (non-hydrogen) atoms. The highest BCUT2D eigenvalue weighted by atomic mass is 32.2. The minimum absolute atomic E-state index is 0.0378. The number of nitrogens with zero attached hydrogens (tertiary/aromatic N) is 2. The van der Waals surface area contributed by atoms with Crippen molar-refractivity contribution >= 4 is 21.9 Å². The summed E-state index contributed by atoms with van der Waals surface area (Å²) in [6, 6.07) is 1.60. The maximum absolute atomic E-state index is 13.0. The topological polar surface area (TPSA) is 81.8 Å². The number of amides is 2. The van der Waals surface area contributed by atoms with Crippen molar-refractivity contribution in [1.82, 2.24) is 13.9 Å². The van der Waals surface area contributed by atoms with Crippen LogP contribution in [0.5, 0.6) is 0 Å². The van der Waals surface area contributed by atoms with Gasteiger partial charge in [0.1, 0.15) is 0 Å². The third kappa shape index (κ3) is 3.35. The van der Waals surface area contributed by atoms with E-state index in [-0.39, 0.29) is 12.1 Å². The number of fused-ring (bicyclic) bond motifs is 4. The Morgan fingerprint density at radius 2 is 1.62 bits per heavy atom. The second-order valence-corrected chi connectivity index (χ2v) is 10.4. The minimum atomic E-state index is -3.85. The van der Waals surface area contributed by atoms with E-state index in [1.807, 2.05) is 0 Å². The molecule has 2 unspecified atom stereocenters. The zero-order valence-corrected chi connectivity index (χ0v) is 17.9. The molecule has 2 N–H and O–H groups in total. The molecule has 0 spiro atoms. The van der Waals surface area contributed by atoms with Gasteiger partial charge in [0.05, 0.1) is 0 Å². The number of aryl methyl sites for hydroxylation is 2. The highest BCUT2D eigenvalue weighted by Crippen LogP contribution is 2.38. The van der Waals surface area contributed by atoms with Crippen LogP contribution >= 0.6 is 0 Å². The van der Waals surface area contributed by atoms with Gasteiger partial charge in [0, 0.05) is 30.9 Å². The normalized spacial score (nSPS) is 26.4. The monoisotopic (exact) mass is 418 g/mol. The standard InChI is InChI=1S/C21H30N4O3S/c1-2-24-12-16-9-10-17(13-24)25(16)29(27,28)23-21(26)22-20-18-7-3-5-14(18)11-15-6-4-8-19(15)20/h11,16-17H,2-10,12-13H2,1H3,(H2,22,23,26). The molecule has 2 atom stereocenters. The molecule has 2 fully saturated rings. The molecule has 2 saturated heterocycles. The van der Waals surface area contributed by atoms with Gasteiger partial charge in [-0.1, -0.05) is 13.0 Å². The number of carbonyl (C=O) groups is 1. The maximum Gasteiger partial charge on any atom is 0.333 e. The number of likely N-dealkylation sites (N-methyl/N-ethyl adjacent to an activating group) is 1. The van der Waals surface area contributed by atoms with E-state index in [9.17, 15) is 13.2 Å². The number of anilines is 1. The lowest BCUT2D eigenvalue weighted by atomic mass is 9.99. The highest BCUT2D eigenvalue weighted by molar-refractivity contribution is 7.87. The summed E-state index contributed by atoms with van der Waals surface area (Å²) in [5.74, 6) is 0. The summed E-state index contributed by atoms with van der Waals surface area (Å²) in [4.78, 5) is 15.1. The summed E-state index contributed by atoms with van der Waals surface area (Å²) >= 11 is 0. The van der Waals surface area contributed by atoms with E-state index >= 15 is 0 Å². The van der Waals surface area contributed by atoms with E-state index in [2.05, 4.69) is 27.9 Å². The van der Waals surface area contributed by atoms with Crippen molar-refractivity contribution in [3.63, 3.8) is 0 Å². The predicted octanol–water partition coefficient (Wildman–Crippen LogP) is 2.20. The molecular formula is C21H30N4O3S. The average Bonchev–Trinajstić information content (AvgIpc) is 3.39. The van der Waals surface area contributed by atoms with Gasteiger partial charge in [-0.25, -0.2) is 9.52 Å². The van der Waals surface area contributed by atoms with Crippen molar-refractivity contribution in [1.29, 1.82) is 0 Å². The zero-order chi connectivity index (χ0) is 20.2. The second-order valence-electron chi connectivity index (χ2n) is 8.86. The fraction of sp³-hybridized carbons (Fsp3) is 0.667. The number of hydrogen-bond donors (Lipinski definition) is 2. The van der Waals surface area contributed by atoms with Gasteiger partial charge in [0.2, 0.25) is 0 Å². The smallest absolute Gasteiger partial charge is 0.307 e. The van der Waals surface area contributed by atoms with E-state index < -0.39 is 16.2 Å². The Morgan fingerprint density at radius 1 is 1.03 bits per heavy atom. The van der Waals surface area contributed by atoms with Crippen LogP contribution in [0.3, 0.4) is 0 Å². The summed E-state index contributed by atoms with van der Waals surface area (Å²) in [6.45, 7) is 4.52. The lowest BCUT2D eigenvalue weighted by molar-refractivity contribution is 0.134. The molecule has 4 aliphatic rings. The van der Waals surface area contributed by atoms with Crippen molar-refractivity contribution < 1.29 is 13.2 Å². The van der Waals surface area contributed by atoms with Crippen molar-refractivity contribution in [2.75, 3.05) is 25.0 Å². The molecule has 2 heterocycles. The van der Waals surface area contributed by atoms with Crippen LogP contribution in [0.2, 0.25) is 0 Å². The molecule has 2 bridgehead atoms. The Hall–Kier alpha value is -1.64. The van der Waals surface area contributed by atoms with E-state index in [1.54, 1.807) is 4.31 Å². The highest BCUT2D eigenvalue weighted by Gasteiger charge is 2.46. The second kappa shape index (κ2) is 7.25. The van der Waals surface area contributed by atoms with E-state index in [0.29, 0.717) is 0 Å². The largest absolute Gasteiger partial charge is 0.333 e.